The number of thiazole rings is 1. The number of carbonyl (C=O) groups is 1. The molecule has 1 aromatic heterocycles. The van der Waals surface area contributed by atoms with Crippen LogP contribution in [0.4, 0.5) is 5.13 Å². The summed E-state index contributed by atoms with van der Waals surface area (Å²) in [7, 11) is 0. The van der Waals surface area contributed by atoms with E-state index in [9.17, 15) is 4.79 Å². The molecule has 3 N–H and O–H groups in total. The van der Waals surface area contributed by atoms with Crippen molar-refractivity contribution in [3.05, 3.63) is 11.1 Å². The van der Waals surface area contributed by atoms with Crippen molar-refractivity contribution in [2.75, 3.05) is 38.5 Å². The molecular formula is C12H20N4O2S. The van der Waals surface area contributed by atoms with E-state index in [-0.39, 0.29) is 18.4 Å². The summed E-state index contributed by atoms with van der Waals surface area (Å²) in [6.07, 6.45) is 0.357. The summed E-state index contributed by atoms with van der Waals surface area (Å²) >= 11 is 1.35. The fourth-order valence-corrected chi connectivity index (χ4v) is 2.61. The number of ether oxygens (including phenoxy) is 1. The Morgan fingerprint density at radius 3 is 3.26 bits per heavy atom. The van der Waals surface area contributed by atoms with E-state index in [0.29, 0.717) is 11.7 Å². The van der Waals surface area contributed by atoms with Crippen LogP contribution in [0.2, 0.25) is 0 Å². The maximum absolute atomic E-state index is 11.8. The molecule has 1 fully saturated rings. The second-order valence-electron chi connectivity index (χ2n) is 4.54. The van der Waals surface area contributed by atoms with Gasteiger partial charge in [0, 0.05) is 25.0 Å². The molecule has 1 aliphatic heterocycles. The minimum atomic E-state index is -0.0393. The standard InChI is InChI=1S/C12H20N4O2S/c1-2-16-3-4-18-10(7-16)6-14-11(17)5-9-8-19-12(13)15-9/h8,10H,2-7H2,1H3,(H2,13,15)(H,14,17). The third-order valence-corrected chi connectivity index (χ3v) is 3.83. The van der Waals surface area contributed by atoms with Crippen molar-refractivity contribution >= 4 is 22.4 Å². The highest BCUT2D eigenvalue weighted by Crippen LogP contribution is 2.11. The fourth-order valence-electron chi connectivity index (χ4n) is 2.05. The fraction of sp³-hybridized carbons (Fsp3) is 0.667. The van der Waals surface area contributed by atoms with E-state index in [2.05, 4.69) is 22.1 Å². The van der Waals surface area contributed by atoms with Crippen LogP contribution in [0.25, 0.3) is 0 Å². The van der Waals surface area contributed by atoms with Gasteiger partial charge in [0.2, 0.25) is 5.91 Å². The number of anilines is 1. The van der Waals surface area contributed by atoms with Gasteiger partial charge in [0.15, 0.2) is 5.13 Å². The number of rotatable bonds is 5. The van der Waals surface area contributed by atoms with Gasteiger partial charge in [-0.25, -0.2) is 4.98 Å². The van der Waals surface area contributed by atoms with Crippen LogP contribution < -0.4 is 11.1 Å². The van der Waals surface area contributed by atoms with E-state index in [1.54, 1.807) is 0 Å². The van der Waals surface area contributed by atoms with E-state index in [1.165, 1.54) is 11.3 Å². The van der Waals surface area contributed by atoms with Gasteiger partial charge in [-0.3, -0.25) is 9.69 Å². The van der Waals surface area contributed by atoms with Crippen molar-refractivity contribution in [3.8, 4) is 0 Å². The first-order valence-electron chi connectivity index (χ1n) is 6.48. The molecule has 1 unspecified atom stereocenters. The first-order valence-corrected chi connectivity index (χ1v) is 7.36. The Kier molecular flexibility index (Phi) is 5.12. The molecule has 1 amide bonds. The van der Waals surface area contributed by atoms with Crippen LogP contribution >= 0.6 is 11.3 Å². The second-order valence-corrected chi connectivity index (χ2v) is 5.43. The van der Waals surface area contributed by atoms with E-state index in [4.69, 9.17) is 10.5 Å². The van der Waals surface area contributed by atoms with Gasteiger partial charge in [-0.15, -0.1) is 11.3 Å². The monoisotopic (exact) mass is 284 g/mol. The molecule has 0 bridgehead atoms. The molecule has 0 radical (unpaired) electrons. The largest absolute Gasteiger partial charge is 0.375 e. The predicted octanol–water partition coefficient (Wildman–Crippen LogP) is 0.105. The minimum absolute atomic E-state index is 0.0393. The summed E-state index contributed by atoms with van der Waals surface area (Å²) in [5.74, 6) is -0.0393. The molecule has 0 aromatic carbocycles. The number of carbonyl (C=O) groups excluding carboxylic acids is 1. The number of aromatic nitrogens is 1. The number of morpholine rings is 1. The molecule has 7 heteroatoms. The summed E-state index contributed by atoms with van der Waals surface area (Å²) in [5, 5.41) is 5.20. The van der Waals surface area contributed by atoms with E-state index >= 15 is 0 Å². The lowest BCUT2D eigenvalue weighted by atomic mass is 10.2. The van der Waals surface area contributed by atoms with Crippen LogP contribution in [0.1, 0.15) is 12.6 Å². The average Bonchev–Trinajstić information content (AvgIpc) is 2.82. The highest BCUT2D eigenvalue weighted by Gasteiger charge is 2.19. The zero-order chi connectivity index (χ0) is 13.7. The number of nitrogens with zero attached hydrogens (tertiary/aromatic N) is 2. The molecular weight excluding hydrogens is 264 g/mol. The quantitative estimate of drug-likeness (QED) is 0.802. The molecule has 0 saturated carbocycles. The van der Waals surface area contributed by atoms with E-state index < -0.39 is 0 Å². The highest BCUT2D eigenvalue weighted by molar-refractivity contribution is 7.13. The molecule has 0 spiro atoms. The second kappa shape index (κ2) is 6.83. The third kappa shape index (κ3) is 4.45. The van der Waals surface area contributed by atoms with Gasteiger partial charge in [-0.1, -0.05) is 6.92 Å². The van der Waals surface area contributed by atoms with Crippen LogP contribution in [0.15, 0.2) is 5.38 Å². The smallest absolute Gasteiger partial charge is 0.226 e. The van der Waals surface area contributed by atoms with Crippen molar-refractivity contribution < 1.29 is 9.53 Å². The molecule has 1 aromatic rings. The number of nitrogens with two attached hydrogens (primary N) is 1. The topological polar surface area (TPSA) is 80.5 Å². The number of hydrogen-bond acceptors (Lipinski definition) is 6. The first kappa shape index (κ1) is 14.2. The van der Waals surface area contributed by atoms with Gasteiger partial charge in [0.25, 0.3) is 0 Å². The lowest BCUT2D eigenvalue weighted by Crippen LogP contribution is -2.47. The summed E-state index contributed by atoms with van der Waals surface area (Å²) in [6.45, 7) is 6.28. The lowest BCUT2D eigenvalue weighted by Gasteiger charge is -2.32. The normalized spacial score (nSPS) is 20.4. The van der Waals surface area contributed by atoms with Gasteiger partial charge in [0.1, 0.15) is 0 Å². The minimum Gasteiger partial charge on any atom is -0.375 e. The third-order valence-electron chi connectivity index (χ3n) is 3.11. The van der Waals surface area contributed by atoms with Crippen LogP contribution in [-0.4, -0.2) is 54.7 Å². The zero-order valence-electron chi connectivity index (χ0n) is 11.1. The molecule has 106 valence electrons. The van der Waals surface area contributed by atoms with Crippen molar-refractivity contribution in [2.45, 2.75) is 19.4 Å². The van der Waals surface area contributed by atoms with Crippen LogP contribution in [0.5, 0.6) is 0 Å². The van der Waals surface area contributed by atoms with Crippen molar-refractivity contribution in [1.82, 2.24) is 15.2 Å². The Hall–Kier alpha value is -1.18. The molecule has 19 heavy (non-hydrogen) atoms. The summed E-state index contributed by atoms with van der Waals surface area (Å²) in [4.78, 5) is 18.1. The zero-order valence-corrected chi connectivity index (χ0v) is 11.9. The summed E-state index contributed by atoms with van der Waals surface area (Å²) < 4.78 is 5.62. The molecule has 2 heterocycles. The van der Waals surface area contributed by atoms with Crippen LogP contribution in [0.3, 0.4) is 0 Å². The Morgan fingerprint density at radius 2 is 2.58 bits per heavy atom. The number of amides is 1. The Bertz CT molecular complexity index is 424. The SMILES string of the molecule is CCN1CCOC(CNC(=O)Cc2csc(N)n2)C1. The Labute approximate surface area is 116 Å². The van der Waals surface area contributed by atoms with Crippen LogP contribution in [-0.2, 0) is 16.0 Å². The maximum Gasteiger partial charge on any atom is 0.226 e. The van der Waals surface area contributed by atoms with Crippen molar-refractivity contribution in [1.29, 1.82) is 0 Å². The molecule has 1 aliphatic rings. The Morgan fingerprint density at radius 1 is 1.74 bits per heavy atom. The average molecular weight is 284 g/mol. The molecule has 1 atom stereocenters. The van der Waals surface area contributed by atoms with Crippen molar-refractivity contribution in [3.63, 3.8) is 0 Å². The number of likely N-dealkylation sites (N-methyl/N-ethyl adjacent to an activating group) is 1. The predicted molar refractivity (Wildman–Crippen MR) is 75.1 cm³/mol. The van der Waals surface area contributed by atoms with Crippen molar-refractivity contribution in [2.24, 2.45) is 0 Å². The van der Waals surface area contributed by atoms with Gasteiger partial charge in [-0.2, -0.15) is 0 Å². The van der Waals surface area contributed by atoms with Gasteiger partial charge >= 0.3 is 0 Å². The number of hydrogen-bond donors (Lipinski definition) is 2. The van der Waals surface area contributed by atoms with E-state index in [0.717, 1.165) is 31.9 Å². The first-order chi connectivity index (χ1) is 9.17. The van der Waals surface area contributed by atoms with Crippen LogP contribution in [0, 0.1) is 0 Å². The lowest BCUT2D eigenvalue weighted by molar-refractivity contribution is -0.121. The molecule has 2 rings (SSSR count). The maximum atomic E-state index is 11.8. The molecule has 6 nitrogen and oxygen atoms in total. The molecule has 0 aliphatic carbocycles. The Balaban J connectivity index is 1.71. The van der Waals surface area contributed by atoms with E-state index in [1.807, 2.05) is 5.38 Å². The van der Waals surface area contributed by atoms with Gasteiger partial charge in [0.05, 0.1) is 24.8 Å². The number of nitrogen functional groups attached to an aromatic ring is 1. The number of nitrogens with one attached hydrogen (secondary N) is 1. The highest BCUT2D eigenvalue weighted by atomic mass is 32.1. The summed E-state index contributed by atoms with van der Waals surface area (Å²) in [5.41, 5.74) is 6.25. The molecule has 1 saturated heterocycles. The summed E-state index contributed by atoms with van der Waals surface area (Å²) in [6, 6.07) is 0. The van der Waals surface area contributed by atoms with Gasteiger partial charge in [-0.05, 0) is 6.54 Å². The van der Waals surface area contributed by atoms with Gasteiger partial charge < -0.3 is 15.8 Å².